The Balaban J connectivity index is 2.18. The van der Waals surface area contributed by atoms with Crippen molar-refractivity contribution in [2.75, 3.05) is 12.4 Å². The highest BCUT2D eigenvalue weighted by Gasteiger charge is 2.14. The molecule has 9 heteroatoms. The Bertz CT molecular complexity index is 589. The van der Waals surface area contributed by atoms with Crippen LogP contribution >= 0.6 is 0 Å². The third-order valence-corrected chi connectivity index (χ3v) is 2.29. The number of anilines is 1. The Morgan fingerprint density at radius 1 is 1.40 bits per heavy atom. The average Bonchev–Trinajstić information content (AvgIpc) is 2.92. The third kappa shape index (κ3) is 3.19. The molecule has 0 radical (unpaired) electrons. The summed E-state index contributed by atoms with van der Waals surface area (Å²) in [6.45, 7) is -3.00. The number of hydrogen-bond acceptors (Lipinski definition) is 5. The standard InChI is InChI=1S/C11H10F2N4O3/c1-19-8-3-2-6(4-9(8)20-11(12)13)15-10(18)7-5-14-17-16-7/h2-5,11H,1H3,(H,15,18)(H,14,16,17). The number of carbonyl (C=O) groups excluding carboxylic acids is 1. The number of amides is 1. The van der Waals surface area contributed by atoms with Crippen molar-refractivity contribution in [1.82, 2.24) is 15.4 Å². The molecular formula is C11H10F2N4O3. The van der Waals surface area contributed by atoms with Gasteiger partial charge in [-0.2, -0.15) is 24.2 Å². The van der Waals surface area contributed by atoms with Gasteiger partial charge in [-0.05, 0) is 12.1 Å². The number of nitrogens with one attached hydrogen (secondary N) is 2. The molecule has 2 aromatic rings. The lowest BCUT2D eigenvalue weighted by atomic mass is 10.2. The minimum Gasteiger partial charge on any atom is -0.493 e. The van der Waals surface area contributed by atoms with Gasteiger partial charge in [0.15, 0.2) is 17.2 Å². The van der Waals surface area contributed by atoms with Crippen LogP contribution in [0.4, 0.5) is 14.5 Å². The summed E-state index contributed by atoms with van der Waals surface area (Å²) >= 11 is 0. The van der Waals surface area contributed by atoms with Crippen LogP contribution in [0, 0.1) is 0 Å². The number of rotatable bonds is 5. The van der Waals surface area contributed by atoms with Gasteiger partial charge in [0.25, 0.3) is 5.91 Å². The average molecular weight is 284 g/mol. The molecule has 0 aliphatic carbocycles. The van der Waals surface area contributed by atoms with Crippen molar-refractivity contribution in [1.29, 1.82) is 0 Å². The van der Waals surface area contributed by atoms with Crippen molar-refractivity contribution in [3.8, 4) is 11.5 Å². The SMILES string of the molecule is COc1ccc(NC(=O)c2cn[nH]n2)cc1OC(F)F. The molecule has 0 unspecified atom stereocenters. The maximum absolute atomic E-state index is 12.3. The number of methoxy groups -OCH3 is 1. The fraction of sp³-hybridized carbons (Fsp3) is 0.182. The molecule has 1 aromatic heterocycles. The molecule has 1 aromatic carbocycles. The molecule has 0 saturated carbocycles. The Labute approximate surface area is 111 Å². The number of benzene rings is 1. The molecule has 20 heavy (non-hydrogen) atoms. The van der Waals surface area contributed by atoms with Crippen LogP contribution < -0.4 is 14.8 Å². The van der Waals surface area contributed by atoms with Gasteiger partial charge in [0, 0.05) is 11.8 Å². The summed E-state index contributed by atoms with van der Waals surface area (Å²) in [4.78, 5) is 11.7. The summed E-state index contributed by atoms with van der Waals surface area (Å²) in [6.07, 6.45) is 1.23. The molecule has 2 N–H and O–H groups in total. The van der Waals surface area contributed by atoms with Crippen LogP contribution in [-0.2, 0) is 0 Å². The number of aromatic amines is 1. The van der Waals surface area contributed by atoms with E-state index in [-0.39, 0.29) is 22.9 Å². The van der Waals surface area contributed by atoms with E-state index in [1.807, 2.05) is 0 Å². The fourth-order valence-corrected chi connectivity index (χ4v) is 1.45. The number of aromatic nitrogens is 3. The Kier molecular flexibility index (Phi) is 4.08. The highest BCUT2D eigenvalue weighted by Crippen LogP contribution is 2.31. The highest BCUT2D eigenvalue weighted by molar-refractivity contribution is 6.02. The lowest BCUT2D eigenvalue weighted by Gasteiger charge is -2.11. The van der Waals surface area contributed by atoms with Gasteiger partial charge in [-0.15, -0.1) is 0 Å². The monoisotopic (exact) mass is 284 g/mol. The fourth-order valence-electron chi connectivity index (χ4n) is 1.45. The van der Waals surface area contributed by atoms with Crippen molar-refractivity contribution in [2.45, 2.75) is 6.61 Å². The first-order valence-electron chi connectivity index (χ1n) is 5.40. The van der Waals surface area contributed by atoms with Crippen molar-refractivity contribution in [3.05, 3.63) is 30.1 Å². The molecule has 0 fully saturated rings. The van der Waals surface area contributed by atoms with E-state index in [0.29, 0.717) is 0 Å². The van der Waals surface area contributed by atoms with Crippen molar-refractivity contribution in [2.24, 2.45) is 0 Å². The smallest absolute Gasteiger partial charge is 0.387 e. The maximum Gasteiger partial charge on any atom is 0.387 e. The quantitative estimate of drug-likeness (QED) is 0.871. The number of halogens is 2. The van der Waals surface area contributed by atoms with E-state index >= 15 is 0 Å². The molecule has 1 amide bonds. The minimum absolute atomic E-state index is 0.0668. The van der Waals surface area contributed by atoms with Crippen LogP contribution in [0.2, 0.25) is 0 Å². The predicted octanol–water partition coefficient (Wildman–Crippen LogP) is 1.67. The molecule has 0 saturated heterocycles. The van der Waals surface area contributed by atoms with E-state index < -0.39 is 12.5 Å². The van der Waals surface area contributed by atoms with Gasteiger partial charge in [-0.3, -0.25) is 4.79 Å². The van der Waals surface area contributed by atoms with Crippen LogP contribution in [0.3, 0.4) is 0 Å². The van der Waals surface area contributed by atoms with Crippen LogP contribution in [0.25, 0.3) is 0 Å². The number of alkyl halides is 2. The first kappa shape index (κ1) is 13.7. The summed E-state index contributed by atoms with van der Waals surface area (Å²) in [6, 6.07) is 4.11. The van der Waals surface area contributed by atoms with E-state index in [0.717, 1.165) is 0 Å². The molecule has 2 rings (SSSR count). The summed E-state index contributed by atoms with van der Waals surface area (Å²) in [7, 11) is 1.32. The van der Waals surface area contributed by atoms with Crippen molar-refractivity contribution >= 4 is 11.6 Å². The van der Waals surface area contributed by atoms with Gasteiger partial charge in [0.1, 0.15) is 0 Å². The lowest BCUT2D eigenvalue weighted by molar-refractivity contribution is -0.0511. The summed E-state index contributed by atoms with van der Waals surface area (Å²) < 4.78 is 33.7. The zero-order valence-corrected chi connectivity index (χ0v) is 10.3. The molecule has 0 bridgehead atoms. The minimum atomic E-state index is -3.00. The summed E-state index contributed by atoms with van der Waals surface area (Å²) in [5.74, 6) is -0.586. The first-order valence-corrected chi connectivity index (χ1v) is 5.40. The molecular weight excluding hydrogens is 274 g/mol. The van der Waals surface area contributed by atoms with E-state index in [1.54, 1.807) is 0 Å². The van der Waals surface area contributed by atoms with E-state index in [9.17, 15) is 13.6 Å². The van der Waals surface area contributed by atoms with Crippen LogP contribution in [0.1, 0.15) is 10.5 Å². The zero-order valence-electron chi connectivity index (χ0n) is 10.3. The van der Waals surface area contributed by atoms with Crippen LogP contribution in [0.5, 0.6) is 11.5 Å². The van der Waals surface area contributed by atoms with Gasteiger partial charge in [-0.1, -0.05) is 0 Å². The molecule has 7 nitrogen and oxygen atoms in total. The van der Waals surface area contributed by atoms with Gasteiger partial charge in [0.2, 0.25) is 0 Å². The van der Waals surface area contributed by atoms with Gasteiger partial charge < -0.3 is 14.8 Å². The van der Waals surface area contributed by atoms with Crippen LogP contribution in [0.15, 0.2) is 24.4 Å². The third-order valence-electron chi connectivity index (χ3n) is 2.29. The largest absolute Gasteiger partial charge is 0.493 e. The molecule has 1 heterocycles. The number of ether oxygens (including phenoxy) is 2. The Morgan fingerprint density at radius 2 is 2.20 bits per heavy atom. The summed E-state index contributed by atoms with van der Waals surface area (Å²) in [5.41, 5.74) is 0.326. The second-order valence-electron chi connectivity index (χ2n) is 3.55. The Morgan fingerprint density at radius 3 is 2.80 bits per heavy atom. The Hall–Kier alpha value is -2.71. The van der Waals surface area contributed by atoms with E-state index in [2.05, 4.69) is 25.5 Å². The molecule has 0 aliphatic heterocycles. The van der Waals surface area contributed by atoms with Gasteiger partial charge in [-0.25, -0.2) is 0 Å². The van der Waals surface area contributed by atoms with Crippen molar-refractivity contribution in [3.63, 3.8) is 0 Å². The zero-order chi connectivity index (χ0) is 14.5. The van der Waals surface area contributed by atoms with Crippen LogP contribution in [-0.4, -0.2) is 35.0 Å². The predicted molar refractivity (Wildman–Crippen MR) is 64.0 cm³/mol. The summed E-state index contributed by atoms with van der Waals surface area (Å²) in [5, 5.41) is 11.8. The normalized spacial score (nSPS) is 10.4. The number of nitrogens with zero attached hydrogens (tertiary/aromatic N) is 2. The lowest BCUT2D eigenvalue weighted by Crippen LogP contribution is -2.13. The molecule has 0 atom stereocenters. The van der Waals surface area contributed by atoms with E-state index in [4.69, 9.17) is 4.74 Å². The van der Waals surface area contributed by atoms with Gasteiger partial charge >= 0.3 is 6.61 Å². The number of H-pyrrole nitrogens is 1. The number of carbonyl (C=O) groups is 1. The maximum atomic E-state index is 12.3. The molecule has 0 spiro atoms. The molecule has 0 aliphatic rings. The second kappa shape index (κ2) is 5.95. The van der Waals surface area contributed by atoms with Gasteiger partial charge in [0.05, 0.1) is 13.3 Å². The van der Waals surface area contributed by atoms with E-state index in [1.165, 1.54) is 31.5 Å². The first-order chi connectivity index (χ1) is 9.60. The second-order valence-corrected chi connectivity index (χ2v) is 3.55. The number of hydrogen-bond donors (Lipinski definition) is 2. The highest BCUT2D eigenvalue weighted by atomic mass is 19.3. The molecule has 106 valence electrons. The van der Waals surface area contributed by atoms with Crippen molar-refractivity contribution < 1.29 is 23.0 Å². The topological polar surface area (TPSA) is 89.1 Å².